The fraction of sp³-hybridized carbons (Fsp3) is 0.583. The lowest BCUT2D eigenvalue weighted by atomic mass is 10.1. The van der Waals surface area contributed by atoms with Crippen LogP contribution in [0.25, 0.3) is 0 Å². The standard InChI is InChI=1S/C12H19NO4/c1-8-5-10(9(2)17-8)11(14)13-6-12(3,15)7-16-4/h5,15H,6-7H2,1-4H3,(H,13,14)/t12-/m1/s1. The van der Waals surface area contributed by atoms with Gasteiger partial charge in [-0.15, -0.1) is 0 Å². The molecule has 0 aliphatic rings. The molecule has 0 unspecified atom stereocenters. The normalized spacial score (nSPS) is 14.4. The van der Waals surface area contributed by atoms with Crippen LogP contribution in [0.5, 0.6) is 0 Å². The zero-order chi connectivity index (χ0) is 13.1. The Bertz CT molecular complexity index is 395. The summed E-state index contributed by atoms with van der Waals surface area (Å²) in [5.41, 5.74) is -0.576. The number of methoxy groups -OCH3 is 1. The molecule has 0 saturated heterocycles. The number of hydrogen-bond donors (Lipinski definition) is 2. The van der Waals surface area contributed by atoms with Gasteiger partial charge in [-0.2, -0.15) is 0 Å². The average Bonchev–Trinajstić information content (AvgIpc) is 2.54. The van der Waals surface area contributed by atoms with Gasteiger partial charge in [0.1, 0.15) is 17.1 Å². The molecule has 96 valence electrons. The summed E-state index contributed by atoms with van der Waals surface area (Å²) in [5, 5.41) is 12.5. The van der Waals surface area contributed by atoms with Gasteiger partial charge in [-0.25, -0.2) is 0 Å². The molecule has 1 amide bonds. The van der Waals surface area contributed by atoms with Crippen LogP contribution >= 0.6 is 0 Å². The van der Waals surface area contributed by atoms with Gasteiger partial charge in [0.15, 0.2) is 0 Å². The van der Waals surface area contributed by atoms with E-state index in [-0.39, 0.29) is 19.1 Å². The number of aliphatic hydroxyl groups is 1. The summed E-state index contributed by atoms with van der Waals surface area (Å²) in [4.78, 5) is 11.8. The minimum atomic E-state index is -1.07. The maximum atomic E-state index is 11.8. The van der Waals surface area contributed by atoms with Crippen LogP contribution in [-0.4, -0.2) is 36.9 Å². The predicted molar refractivity (Wildman–Crippen MR) is 63.0 cm³/mol. The fourth-order valence-corrected chi connectivity index (χ4v) is 1.58. The number of amides is 1. The Hall–Kier alpha value is -1.33. The number of furan rings is 1. The van der Waals surface area contributed by atoms with Gasteiger partial charge in [0.2, 0.25) is 0 Å². The van der Waals surface area contributed by atoms with Crippen LogP contribution in [0.2, 0.25) is 0 Å². The average molecular weight is 241 g/mol. The van der Waals surface area contributed by atoms with Crippen molar-refractivity contribution in [2.24, 2.45) is 0 Å². The molecule has 0 aliphatic heterocycles. The molecule has 0 spiro atoms. The van der Waals surface area contributed by atoms with E-state index >= 15 is 0 Å². The van der Waals surface area contributed by atoms with Gasteiger partial charge in [-0.05, 0) is 26.8 Å². The van der Waals surface area contributed by atoms with Crippen LogP contribution in [0, 0.1) is 13.8 Å². The third-order valence-corrected chi connectivity index (χ3v) is 2.37. The van der Waals surface area contributed by atoms with Gasteiger partial charge in [0, 0.05) is 13.7 Å². The maximum absolute atomic E-state index is 11.8. The first-order valence-corrected chi connectivity index (χ1v) is 5.42. The Labute approximate surface area is 101 Å². The van der Waals surface area contributed by atoms with E-state index in [9.17, 15) is 9.90 Å². The van der Waals surface area contributed by atoms with Gasteiger partial charge in [-0.3, -0.25) is 4.79 Å². The molecule has 0 aromatic carbocycles. The van der Waals surface area contributed by atoms with E-state index in [4.69, 9.17) is 9.15 Å². The topological polar surface area (TPSA) is 71.7 Å². The Morgan fingerprint density at radius 1 is 1.59 bits per heavy atom. The molecule has 1 heterocycles. The van der Waals surface area contributed by atoms with E-state index in [0.29, 0.717) is 17.1 Å². The summed E-state index contributed by atoms with van der Waals surface area (Å²) in [7, 11) is 1.50. The molecule has 5 nitrogen and oxygen atoms in total. The second-order valence-corrected chi connectivity index (χ2v) is 4.44. The lowest BCUT2D eigenvalue weighted by Gasteiger charge is -2.22. The monoisotopic (exact) mass is 241 g/mol. The summed E-state index contributed by atoms with van der Waals surface area (Å²) < 4.78 is 10.1. The fourth-order valence-electron chi connectivity index (χ4n) is 1.58. The largest absolute Gasteiger partial charge is 0.466 e. The minimum Gasteiger partial charge on any atom is -0.466 e. The molecule has 1 atom stereocenters. The number of nitrogens with one attached hydrogen (secondary N) is 1. The van der Waals surface area contributed by atoms with Crippen LogP contribution in [-0.2, 0) is 4.74 Å². The second kappa shape index (κ2) is 5.33. The van der Waals surface area contributed by atoms with Crippen LogP contribution in [0.4, 0.5) is 0 Å². The van der Waals surface area contributed by atoms with E-state index in [0.717, 1.165) is 0 Å². The van der Waals surface area contributed by atoms with Gasteiger partial charge in [-0.1, -0.05) is 0 Å². The molecule has 0 saturated carbocycles. The van der Waals surface area contributed by atoms with E-state index in [1.807, 2.05) is 0 Å². The van der Waals surface area contributed by atoms with Crippen molar-refractivity contribution >= 4 is 5.91 Å². The smallest absolute Gasteiger partial charge is 0.254 e. The van der Waals surface area contributed by atoms with Crippen molar-refractivity contribution in [2.75, 3.05) is 20.3 Å². The highest BCUT2D eigenvalue weighted by atomic mass is 16.5. The molecule has 0 bridgehead atoms. The van der Waals surface area contributed by atoms with Gasteiger partial charge in [0.05, 0.1) is 12.2 Å². The molecule has 0 radical (unpaired) electrons. The molecule has 1 aromatic heterocycles. The highest BCUT2D eigenvalue weighted by Gasteiger charge is 2.22. The Kier molecular flexibility index (Phi) is 4.31. The lowest BCUT2D eigenvalue weighted by molar-refractivity contribution is -0.0147. The van der Waals surface area contributed by atoms with Crippen LogP contribution in [0.1, 0.15) is 28.8 Å². The van der Waals surface area contributed by atoms with Crippen molar-refractivity contribution < 1.29 is 19.1 Å². The van der Waals surface area contributed by atoms with Crippen LogP contribution < -0.4 is 5.32 Å². The summed E-state index contributed by atoms with van der Waals surface area (Å²) >= 11 is 0. The number of aryl methyl sites for hydroxylation is 2. The first kappa shape index (κ1) is 13.7. The van der Waals surface area contributed by atoms with E-state index in [2.05, 4.69) is 5.32 Å². The van der Waals surface area contributed by atoms with Crippen LogP contribution in [0.3, 0.4) is 0 Å². The quantitative estimate of drug-likeness (QED) is 0.807. The molecule has 2 N–H and O–H groups in total. The van der Waals surface area contributed by atoms with E-state index in [1.54, 1.807) is 26.8 Å². The van der Waals surface area contributed by atoms with Crippen molar-refractivity contribution in [2.45, 2.75) is 26.4 Å². The molecule has 0 aliphatic carbocycles. The molecular formula is C12H19NO4. The van der Waals surface area contributed by atoms with Crippen molar-refractivity contribution in [3.8, 4) is 0 Å². The van der Waals surface area contributed by atoms with Gasteiger partial charge >= 0.3 is 0 Å². The molecule has 17 heavy (non-hydrogen) atoms. The highest BCUT2D eigenvalue weighted by molar-refractivity contribution is 5.95. The van der Waals surface area contributed by atoms with Gasteiger partial charge in [0.25, 0.3) is 5.91 Å². The Morgan fingerprint density at radius 2 is 2.24 bits per heavy atom. The van der Waals surface area contributed by atoms with Crippen molar-refractivity contribution in [3.63, 3.8) is 0 Å². The minimum absolute atomic E-state index is 0.128. The number of carbonyl (C=O) groups excluding carboxylic acids is 1. The van der Waals surface area contributed by atoms with Crippen molar-refractivity contribution in [1.82, 2.24) is 5.32 Å². The summed E-state index contributed by atoms with van der Waals surface area (Å²) in [6.07, 6.45) is 0. The Balaban J connectivity index is 2.59. The van der Waals surface area contributed by atoms with Gasteiger partial charge < -0.3 is 19.6 Å². The first-order valence-electron chi connectivity index (χ1n) is 5.42. The first-order chi connectivity index (χ1) is 7.85. The summed E-state index contributed by atoms with van der Waals surface area (Å²) in [6.45, 7) is 5.41. The summed E-state index contributed by atoms with van der Waals surface area (Å²) in [5.74, 6) is 1.01. The molecule has 1 rings (SSSR count). The van der Waals surface area contributed by atoms with Crippen molar-refractivity contribution in [1.29, 1.82) is 0 Å². The van der Waals surface area contributed by atoms with E-state index in [1.165, 1.54) is 7.11 Å². The maximum Gasteiger partial charge on any atom is 0.254 e. The number of ether oxygens (including phenoxy) is 1. The highest BCUT2D eigenvalue weighted by Crippen LogP contribution is 2.13. The third kappa shape index (κ3) is 3.87. The molecular weight excluding hydrogens is 222 g/mol. The molecule has 0 fully saturated rings. The van der Waals surface area contributed by atoms with Crippen molar-refractivity contribution in [3.05, 3.63) is 23.2 Å². The lowest BCUT2D eigenvalue weighted by Crippen LogP contribution is -2.43. The second-order valence-electron chi connectivity index (χ2n) is 4.44. The number of carbonyl (C=O) groups is 1. The zero-order valence-electron chi connectivity index (χ0n) is 10.7. The van der Waals surface area contributed by atoms with E-state index < -0.39 is 5.60 Å². The Morgan fingerprint density at radius 3 is 2.71 bits per heavy atom. The number of rotatable bonds is 5. The third-order valence-electron chi connectivity index (χ3n) is 2.37. The summed E-state index contributed by atoms with van der Waals surface area (Å²) in [6, 6.07) is 1.68. The molecule has 1 aromatic rings. The molecule has 5 heteroatoms. The van der Waals surface area contributed by atoms with Crippen LogP contribution in [0.15, 0.2) is 10.5 Å². The zero-order valence-corrected chi connectivity index (χ0v) is 10.7. The number of hydrogen-bond acceptors (Lipinski definition) is 4. The predicted octanol–water partition coefficient (Wildman–Crippen LogP) is 1.02. The SMILES string of the molecule is COC[C@](C)(O)CNC(=O)c1cc(C)oc1C.